The molecule has 2 heterocycles. The summed E-state index contributed by atoms with van der Waals surface area (Å²) >= 11 is 0. The third-order valence-electron chi connectivity index (χ3n) is 5.01. The Bertz CT molecular complexity index is 641. The predicted molar refractivity (Wildman–Crippen MR) is 96.5 cm³/mol. The van der Waals surface area contributed by atoms with Crippen LogP contribution in [0.4, 0.5) is 5.69 Å². The highest BCUT2D eigenvalue weighted by Gasteiger charge is 2.34. The topological polar surface area (TPSA) is 61.9 Å². The van der Waals surface area contributed by atoms with E-state index in [1.807, 2.05) is 36.9 Å². The summed E-state index contributed by atoms with van der Waals surface area (Å²) in [5, 5.41) is 2.98. The molecule has 2 saturated heterocycles. The first-order valence-corrected chi connectivity index (χ1v) is 8.99. The smallest absolute Gasteiger partial charge is 0.229 e. The molecule has 0 aromatic heterocycles. The Morgan fingerprint density at radius 3 is 2.72 bits per heavy atom. The van der Waals surface area contributed by atoms with Crippen molar-refractivity contribution in [2.24, 2.45) is 5.92 Å². The molecular formula is C19H27N3O3. The van der Waals surface area contributed by atoms with Gasteiger partial charge in [0, 0.05) is 44.8 Å². The highest BCUT2D eigenvalue weighted by Crippen LogP contribution is 2.22. The molecule has 2 fully saturated rings. The number of benzene rings is 1. The Hall–Kier alpha value is -1.92. The van der Waals surface area contributed by atoms with Gasteiger partial charge in [0.1, 0.15) is 0 Å². The number of aryl methyl sites for hydroxylation is 2. The van der Waals surface area contributed by atoms with Crippen molar-refractivity contribution in [2.75, 3.05) is 51.3 Å². The zero-order valence-corrected chi connectivity index (χ0v) is 15.1. The van der Waals surface area contributed by atoms with Crippen LogP contribution in [0.1, 0.15) is 17.5 Å². The van der Waals surface area contributed by atoms with Crippen LogP contribution in [0.3, 0.4) is 0 Å². The number of anilines is 1. The fourth-order valence-electron chi connectivity index (χ4n) is 3.44. The van der Waals surface area contributed by atoms with E-state index < -0.39 is 0 Å². The van der Waals surface area contributed by atoms with Crippen LogP contribution in [0, 0.1) is 19.8 Å². The summed E-state index contributed by atoms with van der Waals surface area (Å²) in [4.78, 5) is 28.9. The molecule has 3 rings (SSSR count). The number of likely N-dealkylation sites (tertiary alicyclic amines) is 1. The van der Waals surface area contributed by atoms with Gasteiger partial charge in [0.15, 0.2) is 0 Å². The summed E-state index contributed by atoms with van der Waals surface area (Å²) in [6.07, 6.45) is 0.305. The van der Waals surface area contributed by atoms with Crippen LogP contribution in [-0.2, 0) is 14.3 Å². The summed E-state index contributed by atoms with van der Waals surface area (Å²) in [5.41, 5.74) is 3.04. The zero-order chi connectivity index (χ0) is 17.8. The van der Waals surface area contributed by atoms with Crippen molar-refractivity contribution in [1.29, 1.82) is 0 Å². The molecule has 0 bridgehead atoms. The number of carbonyl (C=O) groups is 2. The van der Waals surface area contributed by atoms with Crippen molar-refractivity contribution in [3.63, 3.8) is 0 Å². The normalized spacial score (nSPS) is 21.6. The Balaban J connectivity index is 1.51. The monoisotopic (exact) mass is 345 g/mol. The van der Waals surface area contributed by atoms with Gasteiger partial charge < -0.3 is 15.0 Å². The molecular weight excluding hydrogens is 318 g/mol. The lowest BCUT2D eigenvalue weighted by molar-refractivity contribution is -0.128. The maximum absolute atomic E-state index is 12.5. The molecule has 0 spiro atoms. The van der Waals surface area contributed by atoms with E-state index in [1.165, 1.54) is 5.56 Å². The maximum atomic E-state index is 12.5. The lowest BCUT2D eigenvalue weighted by Gasteiger charge is -2.28. The highest BCUT2D eigenvalue weighted by molar-refractivity contribution is 5.97. The van der Waals surface area contributed by atoms with Crippen LogP contribution >= 0.6 is 0 Å². The molecule has 1 unspecified atom stereocenters. The van der Waals surface area contributed by atoms with Gasteiger partial charge in [0.2, 0.25) is 11.8 Å². The van der Waals surface area contributed by atoms with Crippen LogP contribution in [-0.4, -0.2) is 67.6 Å². The zero-order valence-electron chi connectivity index (χ0n) is 15.1. The van der Waals surface area contributed by atoms with Gasteiger partial charge in [-0.05, 0) is 25.5 Å². The number of rotatable bonds is 5. The first-order chi connectivity index (χ1) is 12.0. The van der Waals surface area contributed by atoms with Crippen LogP contribution in [0.25, 0.3) is 0 Å². The molecule has 6 heteroatoms. The molecule has 1 aromatic carbocycles. The molecule has 6 nitrogen and oxygen atoms in total. The average Bonchev–Trinajstić information content (AvgIpc) is 2.97. The van der Waals surface area contributed by atoms with Gasteiger partial charge in [0.25, 0.3) is 0 Å². The first-order valence-electron chi connectivity index (χ1n) is 8.99. The molecule has 1 aromatic rings. The third kappa shape index (κ3) is 4.58. The lowest BCUT2D eigenvalue weighted by atomic mass is 10.1. The second kappa shape index (κ2) is 7.97. The Morgan fingerprint density at radius 1 is 1.24 bits per heavy atom. The summed E-state index contributed by atoms with van der Waals surface area (Å²) in [5.74, 6) is -0.249. The Labute approximate surface area is 149 Å². The molecule has 136 valence electrons. The van der Waals surface area contributed by atoms with Crippen molar-refractivity contribution < 1.29 is 14.3 Å². The maximum Gasteiger partial charge on any atom is 0.229 e. The van der Waals surface area contributed by atoms with E-state index >= 15 is 0 Å². The fourth-order valence-corrected chi connectivity index (χ4v) is 3.44. The van der Waals surface area contributed by atoms with E-state index in [4.69, 9.17) is 4.74 Å². The molecule has 2 aliphatic rings. The van der Waals surface area contributed by atoms with Gasteiger partial charge in [-0.25, -0.2) is 0 Å². The van der Waals surface area contributed by atoms with E-state index in [0.29, 0.717) is 19.5 Å². The van der Waals surface area contributed by atoms with Crippen molar-refractivity contribution in [3.05, 3.63) is 29.3 Å². The number of nitrogens with zero attached hydrogens (tertiary/aromatic N) is 2. The van der Waals surface area contributed by atoms with E-state index in [1.54, 1.807) is 0 Å². The molecule has 2 aliphatic heterocycles. The summed E-state index contributed by atoms with van der Waals surface area (Å²) in [7, 11) is 0. The second-order valence-electron chi connectivity index (χ2n) is 7.00. The van der Waals surface area contributed by atoms with E-state index in [9.17, 15) is 9.59 Å². The van der Waals surface area contributed by atoms with Gasteiger partial charge in [-0.2, -0.15) is 0 Å². The molecule has 1 atom stereocenters. The van der Waals surface area contributed by atoms with Gasteiger partial charge in [-0.15, -0.1) is 0 Å². The predicted octanol–water partition coefficient (Wildman–Crippen LogP) is 1.42. The number of nitrogens with one attached hydrogen (secondary N) is 1. The molecule has 1 N–H and O–H groups in total. The largest absolute Gasteiger partial charge is 0.379 e. The standard InChI is InChI=1S/C19H27N3O3/c1-14-3-4-17(15(2)11-14)20-19(24)16-12-18(23)22(13-16)6-5-21-7-9-25-10-8-21/h3-4,11,16H,5-10,12-13H2,1-2H3,(H,20,24). The minimum Gasteiger partial charge on any atom is -0.379 e. The number of hydrogen-bond acceptors (Lipinski definition) is 4. The Kier molecular flexibility index (Phi) is 5.71. The first kappa shape index (κ1) is 17.9. The number of morpholine rings is 1. The van der Waals surface area contributed by atoms with Gasteiger partial charge in [-0.1, -0.05) is 17.7 Å². The van der Waals surface area contributed by atoms with Crippen LogP contribution in [0.5, 0.6) is 0 Å². The molecule has 0 saturated carbocycles. The number of carbonyl (C=O) groups excluding carboxylic acids is 2. The van der Waals surface area contributed by atoms with Crippen molar-refractivity contribution in [3.8, 4) is 0 Å². The number of amides is 2. The second-order valence-corrected chi connectivity index (χ2v) is 7.00. The third-order valence-corrected chi connectivity index (χ3v) is 5.01. The van der Waals surface area contributed by atoms with Crippen molar-refractivity contribution in [2.45, 2.75) is 20.3 Å². The Morgan fingerprint density at radius 2 is 2.00 bits per heavy atom. The lowest BCUT2D eigenvalue weighted by Crippen LogP contribution is -2.42. The average molecular weight is 345 g/mol. The highest BCUT2D eigenvalue weighted by atomic mass is 16.5. The molecule has 0 radical (unpaired) electrons. The SMILES string of the molecule is Cc1ccc(NC(=O)C2CC(=O)N(CCN3CCOCC3)C2)c(C)c1. The minimum absolute atomic E-state index is 0.0609. The number of ether oxygens (including phenoxy) is 1. The van der Waals surface area contributed by atoms with Gasteiger partial charge in [-0.3, -0.25) is 14.5 Å². The number of hydrogen-bond donors (Lipinski definition) is 1. The van der Waals surface area contributed by atoms with Crippen LogP contribution < -0.4 is 5.32 Å². The van der Waals surface area contributed by atoms with Gasteiger partial charge in [0.05, 0.1) is 19.1 Å². The fraction of sp³-hybridized carbons (Fsp3) is 0.579. The minimum atomic E-state index is -0.266. The summed E-state index contributed by atoms with van der Waals surface area (Å²) in [6.45, 7) is 9.41. The van der Waals surface area contributed by atoms with Crippen LogP contribution in [0.15, 0.2) is 18.2 Å². The van der Waals surface area contributed by atoms with Gasteiger partial charge >= 0.3 is 0 Å². The van der Waals surface area contributed by atoms with E-state index in [0.717, 1.165) is 44.1 Å². The molecule has 0 aliphatic carbocycles. The van der Waals surface area contributed by atoms with E-state index in [-0.39, 0.29) is 17.7 Å². The van der Waals surface area contributed by atoms with Crippen molar-refractivity contribution in [1.82, 2.24) is 9.80 Å². The van der Waals surface area contributed by atoms with E-state index in [2.05, 4.69) is 10.2 Å². The molecule has 25 heavy (non-hydrogen) atoms. The van der Waals surface area contributed by atoms with Crippen molar-refractivity contribution >= 4 is 17.5 Å². The quantitative estimate of drug-likeness (QED) is 0.877. The van der Waals surface area contributed by atoms with Crippen LogP contribution in [0.2, 0.25) is 0 Å². The summed E-state index contributed by atoms with van der Waals surface area (Å²) < 4.78 is 5.34. The molecule has 2 amide bonds. The summed E-state index contributed by atoms with van der Waals surface area (Å²) in [6, 6.07) is 5.95.